The largest absolute Gasteiger partial charge is 0.365 e. The Hall–Kier alpha value is -0.980. The van der Waals surface area contributed by atoms with Crippen molar-refractivity contribution in [3.05, 3.63) is 36.6 Å². The van der Waals surface area contributed by atoms with Crippen LogP contribution in [0.15, 0.2) is 36.6 Å². The van der Waals surface area contributed by atoms with Gasteiger partial charge in [-0.15, -0.1) is 0 Å². The predicted octanol–water partition coefficient (Wildman–Crippen LogP) is 4.92. The van der Waals surface area contributed by atoms with Crippen molar-refractivity contribution in [3.63, 3.8) is 0 Å². The molecular formula is C17H29N. The fourth-order valence-electron chi connectivity index (χ4n) is 2.54. The second kappa shape index (κ2) is 5.77. The molecule has 0 N–H and O–H groups in total. The third-order valence-corrected chi connectivity index (χ3v) is 4.47. The number of nitrogens with zero attached hydrogens (tertiary/aromatic N) is 1. The first-order valence-corrected chi connectivity index (χ1v) is 7.12. The molecule has 1 aliphatic rings. The van der Waals surface area contributed by atoms with Crippen molar-refractivity contribution in [2.45, 2.75) is 59.4 Å². The zero-order chi connectivity index (χ0) is 13.9. The quantitative estimate of drug-likeness (QED) is 0.492. The van der Waals surface area contributed by atoms with Gasteiger partial charge in [0.1, 0.15) is 0 Å². The summed E-state index contributed by atoms with van der Waals surface area (Å²) in [5.41, 5.74) is 3.68. The molecule has 0 aromatic rings. The Morgan fingerprint density at radius 1 is 1.22 bits per heavy atom. The lowest BCUT2D eigenvalue weighted by Gasteiger charge is -2.42. The Labute approximate surface area is 113 Å². The average molecular weight is 247 g/mol. The van der Waals surface area contributed by atoms with Crippen LogP contribution in [-0.4, -0.2) is 17.5 Å². The standard InChI is InChI=1S/C17H29N/c1-8-17(6,7)14(4)15(5)18-12-10-9-11-16(18)13(2)3/h16H,2,4-5,8-12H2,1,3,6-7H3. The molecule has 0 radical (unpaired) electrons. The molecule has 1 atom stereocenters. The molecule has 0 spiro atoms. The van der Waals surface area contributed by atoms with Gasteiger partial charge in [0.15, 0.2) is 0 Å². The Morgan fingerprint density at radius 2 is 1.83 bits per heavy atom. The van der Waals surface area contributed by atoms with Crippen LogP contribution in [0.3, 0.4) is 0 Å². The van der Waals surface area contributed by atoms with Crippen LogP contribution in [0.4, 0.5) is 0 Å². The number of piperidine rings is 1. The van der Waals surface area contributed by atoms with E-state index in [2.05, 4.69) is 52.3 Å². The normalized spacial score (nSPS) is 20.7. The molecule has 0 saturated carbocycles. The van der Waals surface area contributed by atoms with Crippen LogP contribution in [-0.2, 0) is 0 Å². The molecular weight excluding hydrogens is 218 g/mol. The van der Waals surface area contributed by atoms with Crippen LogP contribution in [0.2, 0.25) is 0 Å². The number of hydrogen-bond donors (Lipinski definition) is 0. The van der Waals surface area contributed by atoms with Gasteiger partial charge >= 0.3 is 0 Å². The summed E-state index contributed by atoms with van der Waals surface area (Å²) < 4.78 is 0. The molecule has 1 aliphatic heterocycles. The van der Waals surface area contributed by atoms with Crippen LogP contribution in [0.1, 0.15) is 53.4 Å². The van der Waals surface area contributed by atoms with Crippen molar-refractivity contribution in [3.8, 4) is 0 Å². The molecule has 0 aromatic heterocycles. The van der Waals surface area contributed by atoms with E-state index in [1.54, 1.807) is 0 Å². The summed E-state index contributed by atoms with van der Waals surface area (Å²) >= 11 is 0. The first-order chi connectivity index (χ1) is 8.31. The third kappa shape index (κ3) is 3.07. The Bertz CT molecular complexity index is 349. The van der Waals surface area contributed by atoms with Gasteiger partial charge in [-0.25, -0.2) is 0 Å². The van der Waals surface area contributed by atoms with Crippen molar-refractivity contribution in [1.82, 2.24) is 4.90 Å². The highest BCUT2D eigenvalue weighted by Crippen LogP contribution is 2.37. The number of hydrogen-bond acceptors (Lipinski definition) is 1. The number of allylic oxidation sites excluding steroid dienone is 1. The molecule has 0 aliphatic carbocycles. The summed E-state index contributed by atoms with van der Waals surface area (Å²) in [5, 5.41) is 0. The van der Waals surface area contributed by atoms with Gasteiger partial charge in [-0.3, -0.25) is 0 Å². The van der Waals surface area contributed by atoms with Gasteiger partial charge in [0.2, 0.25) is 0 Å². The second-order valence-electron chi connectivity index (χ2n) is 6.21. The van der Waals surface area contributed by atoms with Crippen molar-refractivity contribution in [2.24, 2.45) is 5.41 Å². The molecule has 0 bridgehead atoms. The van der Waals surface area contributed by atoms with E-state index in [4.69, 9.17) is 0 Å². The first-order valence-electron chi connectivity index (χ1n) is 7.12. The van der Waals surface area contributed by atoms with E-state index < -0.39 is 0 Å². The van der Waals surface area contributed by atoms with E-state index in [0.29, 0.717) is 6.04 Å². The lowest BCUT2D eigenvalue weighted by Crippen LogP contribution is -2.40. The van der Waals surface area contributed by atoms with Crippen LogP contribution >= 0.6 is 0 Å². The highest BCUT2D eigenvalue weighted by molar-refractivity contribution is 5.32. The van der Waals surface area contributed by atoms with Crippen molar-refractivity contribution in [1.29, 1.82) is 0 Å². The maximum absolute atomic E-state index is 4.31. The van der Waals surface area contributed by atoms with E-state index >= 15 is 0 Å². The van der Waals surface area contributed by atoms with Crippen LogP contribution in [0.25, 0.3) is 0 Å². The van der Waals surface area contributed by atoms with E-state index in [-0.39, 0.29) is 5.41 Å². The highest BCUT2D eigenvalue weighted by Gasteiger charge is 2.29. The summed E-state index contributed by atoms with van der Waals surface area (Å²) in [6.45, 7) is 22.7. The zero-order valence-corrected chi connectivity index (χ0v) is 12.7. The number of rotatable bonds is 5. The van der Waals surface area contributed by atoms with Gasteiger partial charge in [-0.1, -0.05) is 46.1 Å². The lowest BCUT2D eigenvalue weighted by atomic mass is 9.80. The van der Waals surface area contributed by atoms with Gasteiger partial charge in [-0.05, 0) is 43.6 Å². The molecule has 1 saturated heterocycles. The molecule has 1 heteroatoms. The molecule has 0 aromatic carbocycles. The van der Waals surface area contributed by atoms with Crippen LogP contribution < -0.4 is 0 Å². The summed E-state index contributed by atoms with van der Waals surface area (Å²) in [4.78, 5) is 2.42. The third-order valence-electron chi connectivity index (χ3n) is 4.47. The molecule has 1 heterocycles. The van der Waals surface area contributed by atoms with Gasteiger partial charge in [0.25, 0.3) is 0 Å². The van der Waals surface area contributed by atoms with Gasteiger partial charge in [-0.2, -0.15) is 0 Å². The summed E-state index contributed by atoms with van der Waals surface area (Å²) in [6.07, 6.45) is 4.85. The average Bonchev–Trinajstić information content (AvgIpc) is 2.36. The SMILES string of the molecule is C=C(C)C1CCCCN1C(=C)C(=C)C(C)(C)CC. The minimum Gasteiger partial charge on any atom is -0.365 e. The van der Waals surface area contributed by atoms with Crippen molar-refractivity contribution < 1.29 is 0 Å². The Kier molecular flexibility index (Phi) is 4.84. The van der Waals surface area contributed by atoms with E-state index in [9.17, 15) is 0 Å². The Balaban J connectivity index is 2.87. The highest BCUT2D eigenvalue weighted by atomic mass is 15.2. The fraction of sp³-hybridized carbons (Fsp3) is 0.647. The van der Waals surface area contributed by atoms with Gasteiger partial charge in [0, 0.05) is 18.3 Å². The lowest BCUT2D eigenvalue weighted by molar-refractivity contribution is 0.218. The molecule has 1 fully saturated rings. The molecule has 0 amide bonds. The fourth-order valence-corrected chi connectivity index (χ4v) is 2.54. The van der Waals surface area contributed by atoms with E-state index in [0.717, 1.165) is 18.7 Å². The molecule has 1 nitrogen and oxygen atoms in total. The molecule has 18 heavy (non-hydrogen) atoms. The minimum absolute atomic E-state index is 0.133. The summed E-state index contributed by atoms with van der Waals surface area (Å²) in [6, 6.07) is 0.454. The monoisotopic (exact) mass is 247 g/mol. The predicted molar refractivity (Wildman–Crippen MR) is 81.5 cm³/mol. The summed E-state index contributed by atoms with van der Waals surface area (Å²) in [7, 11) is 0. The number of likely N-dealkylation sites (tertiary alicyclic amines) is 1. The Morgan fingerprint density at radius 3 is 2.33 bits per heavy atom. The second-order valence-corrected chi connectivity index (χ2v) is 6.21. The maximum Gasteiger partial charge on any atom is 0.0496 e. The molecule has 1 unspecified atom stereocenters. The van der Waals surface area contributed by atoms with Crippen molar-refractivity contribution in [2.75, 3.05) is 6.54 Å². The van der Waals surface area contributed by atoms with Crippen LogP contribution in [0.5, 0.6) is 0 Å². The zero-order valence-electron chi connectivity index (χ0n) is 12.7. The van der Waals surface area contributed by atoms with Crippen LogP contribution in [0, 0.1) is 5.41 Å². The maximum atomic E-state index is 4.31. The molecule has 102 valence electrons. The van der Waals surface area contributed by atoms with Crippen molar-refractivity contribution >= 4 is 0 Å². The minimum atomic E-state index is 0.133. The van der Waals surface area contributed by atoms with E-state index in [1.807, 2.05) is 0 Å². The topological polar surface area (TPSA) is 3.24 Å². The smallest absolute Gasteiger partial charge is 0.0496 e. The molecule has 1 rings (SSSR count). The van der Waals surface area contributed by atoms with E-state index in [1.165, 1.54) is 30.4 Å². The summed E-state index contributed by atoms with van der Waals surface area (Å²) in [5.74, 6) is 0. The van der Waals surface area contributed by atoms with Gasteiger partial charge < -0.3 is 4.90 Å². The van der Waals surface area contributed by atoms with Gasteiger partial charge in [0.05, 0.1) is 0 Å². The first kappa shape index (κ1) is 15.1.